The summed E-state index contributed by atoms with van der Waals surface area (Å²) >= 11 is 0. The lowest BCUT2D eigenvalue weighted by Crippen LogP contribution is -2.32. The van der Waals surface area contributed by atoms with Crippen LogP contribution in [0.15, 0.2) is 30.5 Å². The van der Waals surface area contributed by atoms with Gasteiger partial charge in [-0.3, -0.25) is 0 Å². The molecule has 0 amide bonds. The molecule has 0 spiro atoms. The van der Waals surface area contributed by atoms with Gasteiger partial charge in [0.25, 0.3) is 0 Å². The second-order valence-corrected chi connectivity index (χ2v) is 4.48. The first kappa shape index (κ1) is 9.87. The summed E-state index contributed by atoms with van der Waals surface area (Å²) in [4.78, 5) is 3.27. The lowest BCUT2D eigenvalue weighted by atomic mass is 10.0. The molecule has 2 aromatic rings. The van der Waals surface area contributed by atoms with Gasteiger partial charge in [-0.05, 0) is 31.0 Å². The van der Waals surface area contributed by atoms with Crippen LogP contribution in [-0.4, -0.2) is 28.8 Å². The Kier molecular flexibility index (Phi) is 2.42. The number of nitrogens with one attached hydrogen (secondary N) is 2. The van der Waals surface area contributed by atoms with Gasteiger partial charge in [0.2, 0.25) is 0 Å². The number of fused-ring (bicyclic) bond motifs is 1. The monoisotopic (exact) mass is 216 g/mol. The summed E-state index contributed by atoms with van der Waals surface area (Å²) in [7, 11) is 0. The number of H-pyrrole nitrogens is 1. The van der Waals surface area contributed by atoms with E-state index in [1.807, 2.05) is 6.07 Å². The lowest BCUT2D eigenvalue weighted by Gasteiger charge is -2.13. The summed E-state index contributed by atoms with van der Waals surface area (Å²) < 4.78 is 0. The minimum atomic E-state index is -0.200. The molecular formula is C13H16N2O. The van der Waals surface area contributed by atoms with Crippen molar-refractivity contribution in [2.24, 2.45) is 0 Å². The highest BCUT2D eigenvalue weighted by molar-refractivity contribution is 5.83. The van der Waals surface area contributed by atoms with E-state index in [2.05, 4.69) is 34.7 Å². The zero-order valence-electron chi connectivity index (χ0n) is 9.11. The molecule has 0 saturated carbocycles. The average molecular weight is 216 g/mol. The predicted octanol–water partition coefficient (Wildman–Crippen LogP) is 1.43. The van der Waals surface area contributed by atoms with Crippen molar-refractivity contribution in [3.05, 3.63) is 36.0 Å². The minimum Gasteiger partial charge on any atom is -0.391 e. The Morgan fingerprint density at radius 3 is 3.00 bits per heavy atom. The van der Waals surface area contributed by atoms with Gasteiger partial charge < -0.3 is 15.4 Å². The second-order valence-electron chi connectivity index (χ2n) is 4.48. The van der Waals surface area contributed by atoms with Crippen LogP contribution in [0.4, 0.5) is 0 Å². The summed E-state index contributed by atoms with van der Waals surface area (Å²) in [6.07, 6.45) is 3.61. The molecular weight excluding hydrogens is 200 g/mol. The molecule has 2 atom stereocenters. The van der Waals surface area contributed by atoms with E-state index < -0.39 is 0 Å². The smallest absolute Gasteiger partial charge is 0.0708 e. The highest BCUT2D eigenvalue weighted by Crippen LogP contribution is 2.21. The van der Waals surface area contributed by atoms with Gasteiger partial charge in [-0.15, -0.1) is 0 Å². The molecule has 1 aromatic carbocycles. The van der Waals surface area contributed by atoms with E-state index in [-0.39, 0.29) is 12.1 Å². The predicted molar refractivity (Wildman–Crippen MR) is 64.4 cm³/mol. The summed E-state index contributed by atoms with van der Waals surface area (Å²) in [5, 5.41) is 14.4. The number of aromatic nitrogens is 1. The average Bonchev–Trinajstić information content (AvgIpc) is 2.88. The number of hydrogen-bond donors (Lipinski definition) is 3. The molecule has 3 rings (SSSR count). The molecule has 16 heavy (non-hydrogen) atoms. The highest BCUT2D eigenvalue weighted by Gasteiger charge is 2.25. The molecule has 2 heterocycles. The molecule has 1 unspecified atom stereocenters. The Hall–Kier alpha value is -1.32. The van der Waals surface area contributed by atoms with Crippen LogP contribution in [0.5, 0.6) is 0 Å². The van der Waals surface area contributed by atoms with Crippen molar-refractivity contribution in [1.29, 1.82) is 0 Å². The van der Waals surface area contributed by atoms with Crippen molar-refractivity contribution in [3.63, 3.8) is 0 Å². The number of para-hydroxylation sites is 1. The van der Waals surface area contributed by atoms with Crippen LogP contribution in [0.1, 0.15) is 12.0 Å². The largest absolute Gasteiger partial charge is 0.391 e. The van der Waals surface area contributed by atoms with Gasteiger partial charge in [0, 0.05) is 23.1 Å². The van der Waals surface area contributed by atoms with Crippen LogP contribution in [0.25, 0.3) is 10.9 Å². The molecule has 0 aliphatic carbocycles. The van der Waals surface area contributed by atoms with Gasteiger partial charge >= 0.3 is 0 Å². The molecule has 1 aliphatic rings. The van der Waals surface area contributed by atoms with Gasteiger partial charge in [-0.25, -0.2) is 0 Å². The quantitative estimate of drug-likeness (QED) is 0.711. The standard InChI is InChI=1S/C13H16N2O/c16-13-5-6-14-12(13)7-9-8-15-11-4-2-1-3-10(9)11/h1-4,8,12-16H,5-7H2/t12-,13?/m1/s1. The van der Waals surface area contributed by atoms with Crippen LogP contribution < -0.4 is 5.32 Å². The fourth-order valence-corrected chi connectivity index (χ4v) is 2.50. The summed E-state index contributed by atoms with van der Waals surface area (Å²) in [5.74, 6) is 0. The maximum atomic E-state index is 9.79. The van der Waals surface area contributed by atoms with E-state index >= 15 is 0 Å². The van der Waals surface area contributed by atoms with E-state index in [1.165, 1.54) is 16.5 Å². The van der Waals surface area contributed by atoms with Gasteiger partial charge in [0.05, 0.1) is 6.10 Å². The number of hydrogen-bond acceptors (Lipinski definition) is 2. The van der Waals surface area contributed by atoms with E-state index in [0.717, 1.165) is 19.4 Å². The van der Waals surface area contributed by atoms with Crippen LogP contribution >= 0.6 is 0 Å². The molecule has 3 nitrogen and oxygen atoms in total. The molecule has 0 radical (unpaired) electrons. The Morgan fingerprint density at radius 1 is 1.31 bits per heavy atom. The van der Waals surface area contributed by atoms with Gasteiger partial charge in [0.15, 0.2) is 0 Å². The lowest BCUT2D eigenvalue weighted by molar-refractivity contribution is 0.159. The molecule has 1 aromatic heterocycles. The summed E-state index contributed by atoms with van der Waals surface area (Å²) in [5.41, 5.74) is 2.46. The molecule has 84 valence electrons. The van der Waals surface area contributed by atoms with E-state index in [0.29, 0.717) is 0 Å². The Balaban J connectivity index is 1.89. The maximum Gasteiger partial charge on any atom is 0.0708 e. The first-order chi connectivity index (χ1) is 7.84. The second kappa shape index (κ2) is 3.92. The molecule has 0 bridgehead atoms. The number of rotatable bonds is 2. The zero-order valence-corrected chi connectivity index (χ0v) is 9.11. The van der Waals surface area contributed by atoms with Gasteiger partial charge in [0.1, 0.15) is 0 Å². The topological polar surface area (TPSA) is 48.0 Å². The zero-order chi connectivity index (χ0) is 11.0. The third-order valence-corrected chi connectivity index (χ3v) is 3.43. The summed E-state index contributed by atoms with van der Waals surface area (Å²) in [6.45, 7) is 0.925. The first-order valence-electron chi connectivity index (χ1n) is 5.81. The van der Waals surface area contributed by atoms with Crippen molar-refractivity contribution >= 4 is 10.9 Å². The summed E-state index contributed by atoms with van der Waals surface area (Å²) in [6, 6.07) is 8.50. The van der Waals surface area contributed by atoms with Crippen LogP contribution in [0.3, 0.4) is 0 Å². The number of aromatic amines is 1. The fourth-order valence-electron chi connectivity index (χ4n) is 2.50. The Labute approximate surface area is 94.5 Å². The molecule has 1 saturated heterocycles. The SMILES string of the molecule is OC1CCN[C@@H]1Cc1c[nH]c2ccccc12. The van der Waals surface area contributed by atoms with E-state index in [4.69, 9.17) is 0 Å². The van der Waals surface area contributed by atoms with Crippen LogP contribution in [0.2, 0.25) is 0 Å². The fraction of sp³-hybridized carbons (Fsp3) is 0.385. The van der Waals surface area contributed by atoms with E-state index in [1.54, 1.807) is 0 Å². The van der Waals surface area contributed by atoms with Crippen molar-refractivity contribution < 1.29 is 5.11 Å². The molecule has 1 aliphatic heterocycles. The number of aliphatic hydroxyl groups excluding tert-OH is 1. The van der Waals surface area contributed by atoms with Crippen molar-refractivity contribution in [1.82, 2.24) is 10.3 Å². The number of aliphatic hydroxyl groups is 1. The molecule has 1 fully saturated rings. The molecule has 3 N–H and O–H groups in total. The molecule has 3 heteroatoms. The highest BCUT2D eigenvalue weighted by atomic mass is 16.3. The first-order valence-corrected chi connectivity index (χ1v) is 5.81. The normalized spacial score (nSPS) is 25.3. The van der Waals surface area contributed by atoms with E-state index in [9.17, 15) is 5.11 Å². The third-order valence-electron chi connectivity index (χ3n) is 3.43. The number of benzene rings is 1. The Morgan fingerprint density at radius 2 is 2.19 bits per heavy atom. The van der Waals surface area contributed by atoms with Crippen LogP contribution in [0, 0.1) is 0 Å². The van der Waals surface area contributed by atoms with Gasteiger partial charge in [-0.1, -0.05) is 18.2 Å². The van der Waals surface area contributed by atoms with Crippen molar-refractivity contribution in [3.8, 4) is 0 Å². The third kappa shape index (κ3) is 1.62. The Bertz CT molecular complexity index is 491. The van der Waals surface area contributed by atoms with Crippen molar-refractivity contribution in [2.45, 2.75) is 25.0 Å². The van der Waals surface area contributed by atoms with Gasteiger partial charge in [-0.2, -0.15) is 0 Å². The minimum absolute atomic E-state index is 0.200. The maximum absolute atomic E-state index is 9.79. The van der Waals surface area contributed by atoms with Crippen molar-refractivity contribution in [2.75, 3.05) is 6.54 Å². The van der Waals surface area contributed by atoms with Crippen LogP contribution in [-0.2, 0) is 6.42 Å².